The quantitative estimate of drug-likeness (QED) is 0.150. The first-order valence-corrected chi connectivity index (χ1v) is 15.3. The fraction of sp³-hybridized carbons (Fsp3) is 0.448. The predicted octanol–water partition coefficient (Wildman–Crippen LogP) is 3.82. The van der Waals surface area contributed by atoms with Crippen molar-refractivity contribution in [2.24, 2.45) is 0 Å². The number of hydrogen-bond donors (Lipinski definition) is 6. The average molecular weight is 622 g/mol. The third-order valence-electron chi connectivity index (χ3n) is 6.35. The highest BCUT2D eigenvalue weighted by atomic mass is 32.3. The van der Waals surface area contributed by atoms with Crippen molar-refractivity contribution in [1.29, 1.82) is 0 Å². The van der Waals surface area contributed by atoms with Crippen molar-refractivity contribution >= 4 is 34.7 Å². The fourth-order valence-electron chi connectivity index (χ4n) is 4.33. The van der Waals surface area contributed by atoms with E-state index in [1.165, 1.54) is 13.2 Å². The summed E-state index contributed by atoms with van der Waals surface area (Å²) in [4.78, 5) is 49.2. The topological polar surface area (TPSA) is 193 Å². The summed E-state index contributed by atoms with van der Waals surface area (Å²) >= 11 is 0. The van der Waals surface area contributed by atoms with Crippen molar-refractivity contribution in [3.63, 3.8) is 0 Å². The summed E-state index contributed by atoms with van der Waals surface area (Å²) in [6, 6.07) is 10.2. The minimum Gasteiger partial charge on any atom is -0.507 e. The Morgan fingerprint density at radius 1 is 1.09 bits per heavy atom. The molecule has 1 heterocycles. The first kappa shape index (κ1) is 33.5. The van der Waals surface area contributed by atoms with Crippen molar-refractivity contribution in [1.82, 2.24) is 15.4 Å². The predicted molar refractivity (Wildman–Crippen MR) is 159 cm³/mol. The van der Waals surface area contributed by atoms with Crippen LogP contribution < -0.4 is 20.1 Å². The highest BCUT2D eigenvalue weighted by molar-refractivity contribution is 8.23. The maximum absolute atomic E-state index is 13.1. The van der Waals surface area contributed by atoms with E-state index in [4.69, 9.17) is 9.47 Å². The van der Waals surface area contributed by atoms with Crippen LogP contribution in [0.5, 0.6) is 11.5 Å². The van der Waals surface area contributed by atoms with Gasteiger partial charge in [-0.05, 0) is 56.9 Å². The Kier molecular flexibility index (Phi) is 11.2. The smallest absolute Gasteiger partial charge is 0.408 e. The van der Waals surface area contributed by atoms with Gasteiger partial charge in [-0.1, -0.05) is 30.3 Å². The Labute approximate surface area is 251 Å². The van der Waals surface area contributed by atoms with Gasteiger partial charge in [-0.2, -0.15) is 0 Å². The van der Waals surface area contributed by atoms with Crippen LogP contribution >= 0.6 is 10.8 Å². The number of unbranched alkanes of at least 4 members (excludes halogenated alkanes) is 1. The third-order valence-corrected chi connectivity index (χ3v) is 8.11. The van der Waals surface area contributed by atoms with E-state index in [1.54, 1.807) is 57.2 Å². The van der Waals surface area contributed by atoms with E-state index < -0.39 is 51.5 Å². The van der Waals surface area contributed by atoms with E-state index >= 15 is 0 Å². The number of phenols is 1. The van der Waals surface area contributed by atoms with Crippen LogP contribution in [0.2, 0.25) is 0 Å². The Morgan fingerprint density at radius 3 is 2.40 bits per heavy atom. The van der Waals surface area contributed by atoms with Gasteiger partial charge in [-0.15, -0.1) is 10.8 Å². The van der Waals surface area contributed by atoms with Crippen LogP contribution in [-0.2, 0) is 25.5 Å². The molecule has 2 unspecified atom stereocenters. The molecule has 0 radical (unpaired) electrons. The average Bonchev–Trinajstić information content (AvgIpc) is 3.20. The van der Waals surface area contributed by atoms with Crippen molar-refractivity contribution in [3.8, 4) is 11.5 Å². The molecule has 6 N–H and O–H groups in total. The molecule has 1 fully saturated rings. The van der Waals surface area contributed by atoms with Gasteiger partial charge in [0.05, 0.1) is 20.1 Å². The zero-order valence-corrected chi connectivity index (χ0v) is 25.4. The van der Waals surface area contributed by atoms with Gasteiger partial charge < -0.3 is 30.0 Å². The fourth-order valence-corrected chi connectivity index (χ4v) is 5.81. The summed E-state index contributed by atoms with van der Waals surface area (Å²) in [7, 11) is -2.09. The van der Waals surface area contributed by atoms with Crippen molar-refractivity contribution < 1.29 is 47.6 Å². The molecule has 13 nitrogen and oxygen atoms in total. The summed E-state index contributed by atoms with van der Waals surface area (Å²) in [5.74, 6) is -1.66. The number of carbonyl (C=O) groups is 4. The monoisotopic (exact) mass is 621 g/mol. The third kappa shape index (κ3) is 9.76. The SMILES string of the molecule is COC(=O)c1c(O)cccc1OCCCCNC(=O)C(Cc1ccc(C2CC(=O)NS2(O)O)cc1)NC(=O)OC(C)(C)C. The van der Waals surface area contributed by atoms with Crippen LogP contribution in [0, 0.1) is 0 Å². The number of aromatic hydroxyl groups is 1. The molecule has 0 saturated carbocycles. The Morgan fingerprint density at radius 2 is 1.79 bits per heavy atom. The molecule has 0 aromatic heterocycles. The summed E-state index contributed by atoms with van der Waals surface area (Å²) < 4.78 is 38.2. The molecule has 0 aliphatic carbocycles. The summed E-state index contributed by atoms with van der Waals surface area (Å²) in [6.45, 7) is 5.61. The van der Waals surface area contributed by atoms with Gasteiger partial charge in [0.2, 0.25) is 11.8 Å². The number of phenolic OH excluding ortho intramolecular Hbond substituents is 1. The minimum absolute atomic E-state index is 0.0434. The van der Waals surface area contributed by atoms with Crippen LogP contribution in [0.1, 0.15) is 66.8 Å². The van der Waals surface area contributed by atoms with E-state index in [0.29, 0.717) is 24.0 Å². The standard InChI is InChI=1S/C29H39N3O10S/c1-29(2,3)42-28(37)31-20(16-18-10-12-19(13-11-18)23-17-24(34)32-43(23,38)39)26(35)30-14-5-6-15-41-22-9-7-8-21(33)25(22)27(36)40-4/h7-13,20,23,33,38-39H,5-6,14-17H2,1-4H3,(H,30,35)(H,31,37)(H,32,34). The molecule has 3 rings (SSSR count). The molecule has 43 heavy (non-hydrogen) atoms. The van der Waals surface area contributed by atoms with E-state index in [2.05, 4.69) is 20.1 Å². The molecule has 1 aliphatic heterocycles. The number of esters is 1. The van der Waals surface area contributed by atoms with E-state index in [1.807, 2.05) is 0 Å². The number of ether oxygens (including phenoxy) is 3. The van der Waals surface area contributed by atoms with Gasteiger partial charge in [0.1, 0.15) is 34.0 Å². The summed E-state index contributed by atoms with van der Waals surface area (Å²) in [6.07, 6.45) is 0.361. The highest BCUT2D eigenvalue weighted by Gasteiger charge is 2.38. The number of rotatable bonds is 12. The van der Waals surface area contributed by atoms with E-state index in [0.717, 1.165) is 0 Å². The molecule has 0 bridgehead atoms. The van der Waals surface area contributed by atoms with Crippen molar-refractivity contribution in [2.75, 3.05) is 20.3 Å². The summed E-state index contributed by atoms with van der Waals surface area (Å²) in [5.41, 5.74) is 0.417. The Bertz CT molecular complexity index is 1310. The molecule has 2 atom stereocenters. The zero-order valence-electron chi connectivity index (χ0n) is 24.5. The van der Waals surface area contributed by atoms with Gasteiger partial charge in [0, 0.05) is 13.0 Å². The molecule has 236 valence electrons. The zero-order chi connectivity index (χ0) is 31.8. The van der Waals surface area contributed by atoms with Gasteiger partial charge in [-0.25, -0.2) is 9.59 Å². The minimum atomic E-state index is -3.29. The number of amides is 3. The molecule has 14 heteroatoms. The van der Waals surface area contributed by atoms with Crippen molar-refractivity contribution in [3.05, 3.63) is 59.2 Å². The number of carbonyl (C=O) groups excluding carboxylic acids is 4. The second-order valence-electron chi connectivity index (χ2n) is 10.9. The van der Waals surface area contributed by atoms with Crippen molar-refractivity contribution in [2.45, 2.75) is 63.3 Å². The number of nitrogens with one attached hydrogen (secondary N) is 3. The lowest BCUT2D eigenvalue weighted by Crippen LogP contribution is -2.49. The molecule has 1 aliphatic rings. The molecule has 3 amide bonds. The lowest BCUT2D eigenvalue weighted by molar-refractivity contribution is -0.123. The normalized spacial score (nSPS) is 17.3. The van der Waals surface area contributed by atoms with E-state index in [9.17, 15) is 33.4 Å². The van der Waals surface area contributed by atoms with Gasteiger partial charge in [-0.3, -0.25) is 23.4 Å². The maximum Gasteiger partial charge on any atom is 0.408 e. The van der Waals surface area contributed by atoms with Gasteiger partial charge in [0.25, 0.3) is 0 Å². The van der Waals surface area contributed by atoms with E-state index in [-0.39, 0.29) is 43.1 Å². The van der Waals surface area contributed by atoms with Crippen LogP contribution in [0.25, 0.3) is 0 Å². The number of alkyl carbamates (subject to hydrolysis) is 1. The lowest BCUT2D eigenvalue weighted by Gasteiger charge is -2.32. The highest BCUT2D eigenvalue weighted by Crippen LogP contribution is 2.56. The van der Waals surface area contributed by atoms with Crippen LogP contribution in [0.4, 0.5) is 4.79 Å². The second kappa shape index (κ2) is 14.4. The van der Waals surface area contributed by atoms with Crippen LogP contribution in [0.15, 0.2) is 42.5 Å². The summed E-state index contributed by atoms with van der Waals surface area (Å²) in [5, 5.41) is 14.6. The maximum atomic E-state index is 13.1. The van der Waals surface area contributed by atoms with Crippen LogP contribution in [-0.4, -0.2) is 70.0 Å². The molecular formula is C29H39N3O10S. The second-order valence-corrected chi connectivity index (χ2v) is 12.9. The first-order chi connectivity index (χ1) is 20.2. The number of benzene rings is 2. The number of hydrogen-bond acceptors (Lipinski definition) is 10. The number of methoxy groups -OCH3 is 1. The molecule has 1 saturated heterocycles. The Balaban J connectivity index is 1.57. The first-order valence-electron chi connectivity index (χ1n) is 13.7. The van der Waals surface area contributed by atoms with Crippen LogP contribution in [0.3, 0.4) is 0 Å². The lowest BCUT2D eigenvalue weighted by atomic mass is 10.0. The molecular weight excluding hydrogens is 582 g/mol. The largest absolute Gasteiger partial charge is 0.507 e. The molecule has 0 spiro atoms. The van der Waals surface area contributed by atoms with Gasteiger partial charge >= 0.3 is 12.1 Å². The van der Waals surface area contributed by atoms with Gasteiger partial charge in [0.15, 0.2) is 0 Å². The molecule has 2 aromatic carbocycles. The Hall–Kier alpha value is -4.01. The molecule has 2 aromatic rings.